The van der Waals surface area contributed by atoms with E-state index >= 15 is 0 Å². The fraction of sp³-hybridized carbons (Fsp3) is 0.316. The second-order valence-electron chi connectivity index (χ2n) is 5.77. The van der Waals surface area contributed by atoms with Gasteiger partial charge >= 0.3 is 0 Å². The van der Waals surface area contributed by atoms with Gasteiger partial charge in [-0.2, -0.15) is 0 Å². The van der Waals surface area contributed by atoms with Gasteiger partial charge in [0, 0.05) is 17.3 Å². The van der Waals surface area contributed by atoms with E-state index in [2.05, 4.69) is 30.5 Å². The van der Waals surface area contributed by atoms with Gasteiger partial charge in [-0.25, -0.2) is 0 Å². The number of nitrogens with zero attached hydrogens (tertiary/aromatic N) is 1. The lowest BCUT2D eigenvalue weighted by molar-refractivity contribution is 0.661. The van der Waals surface area contributed by atoms with Crippen LogP contribution in [0, 0.1) is 13.8 Å². The van der Waals surface area contributed by atoms with Crippen LogP contribution in [0.4, 0.5) is 0 Å². The number of pyridine rings is 1. The van der Waals surface area contributed by atoms with Crippen molar-refractivity contribution in [1.29, 1.82) is 0 Å². The quantitative estimate of drug-likeness (QED) is 0.644. The van der Waals surface area contributed by atoms with E-state index in [1.54, 1.807) is 0 Å². The zero-order valence-electron chi connectivity index (χ0n) is 12.9. The fourth-order valence-electron chi connectivity index (χ4n) is 3.18. The number of hydrogen-bond donors (Lipinski definition) is 0. The molecule has 0 bridgehead atoms. The predicted octanol–water partition coefficient (Wildman–Crippen LogP) is 4.57. The van der Waals surface area contributed by atoms with Crippen LogP contribution in [0.5, 0.6) is 0 Å². The van der Waals surface area contributed by atoms with E-state index in [0.717, 1.165) is 46.8 Å². The smallest absolute Gasteiger partial charge is 0.197 e. The number of fused-ring (bicyclic) bond motifs is 2. The minimum atomic E-state index is 0.162. The van der Waals surface area contributed by atoms with Crippen LogP contribution in [0.2, 0.25) is 0 Å². The molecule has 0 unspecified atom stereocenters. The Balaban J connectivity index is 2.55. The predicted molar refractivity (Wildman–Crippen MR) is 90.1 cm³/mol. The number of rotatable bonds is 3. The minimum Gasteiger partial charge on any atom is -0.340 e. The third kappa shape index (κ3) is 2.15. The maximum Gasteiger partial charge on any atom is 0.197 e. The summed E-state index contributed by atoms with van der Waals surface area (Å²) in [5.41, 5.74) is 4.55. The van der Waals surface area contributed by atoms with E-state index in [-0.39, 0.29) is 5.43 Å². The van der Waals surface area contributed by atoms with Crippen molar-refractivity contribution in [1.82, 2.24) is 4.57 Å². The lowest BCUT2D eigenvalue weighted by Crippen LogP contribution is -2.13. The topological polar surface area (TPSA) is 22.0 Å². The summed E-state index contributed by atoms with van der Waals surface area (Å²) in [5.74, 6) is 0. The van der Waals surface area contributed by atoms with Crippen molar-refractivity contribution in [2.45, 2.75) is 40.2 Å². The van der Waals surface area contributed by atoms with Gasteiger partial charge in [-0.15, -0.1) is 0 Å². The molecule has 0 saturated carbocycles. The molecule has 1 heterocycles. The number of aromatic nitrogens is 1. The van der Waals surface area contributed by atoms with Gasteiger partial charge in [-0.1, -0.05) is 37.6 Å². The van der Waals surface area contributed by atoms with E-state index < -0.39 is 0 Å². The number of para-hydroxylation sites is 1. The van der Waals surface area contributed by atoms with E-state index in [1.807, 2.05) is 31.2 Å². The summed E-state index contributed by atoms with van der Waals surface area (Å²) < 4.78 is 2.33. The average Bonchev–Trinajstić information content (AvgIpc) is 2.48. The molecule has 2 aromatic carbocycles. The molecule has 2 heteroatoms. The largest absolute Gasteiger partial charge is 0.340 e. The van der Waals surface area contributed by atoms with Crippen LogP contribution >= 0.6 is 0 Å². The Hall–Kier alpha value is -2.09. The molecular weight excluding hydrogens is 258 g/mol. The molecule has 0 atom stereocenters. The first kappa shape index (κ1) is 13.9. The van der Waals surface area contributed by atoms with Crippen molar-refractivity contribution in [3.05, 3.63) is 57.7 Å². The molecule has 0 spiro atoms. The second kappa shape index (κ2) is 5.36. The molecule has 0 amide bonds. The zero-order valence-corrected chi connectivity index (χ0v) is 12.9. The Labute approximate surface area is 125 Å². The lowest BCUT2D eigenvalue weighted by atomic mass is 10.0. The van der Waals surface area contributed by atoms with Crippen molar-refractivity contribution in [2.24, 2.45) is 0 Å². The summed E-state index contributed by atoms with van der Waals surface area (Å²) in [6.45, 7) is 7.27. The maximum atomic E-state index is 12.9. The summed E-state index contributed by atoms with van der Waals surface area (Å²) in [4.78, 5) is 12.9. The van der Waals surface area contributed by atoms with Crippen molar-refractivity contribution in [3.8, 4) is 0 Å². The standard InChI is InChI=1S/C19H21NO/c1-4-5-12-20-16-11-7-8-13(2)17(16)19(21)15-10-6-9-14(3)18(15)20/h6-11H,4-5,12H2,1-3H3. The Morgan fingerprint density at radius 2 is 1.71 bits per heavy atom. The van der Waals surface area contributed by atoms with Gasteiger partial charge in [0.15, 0.2) is 5.43 Å². The molecule has 0 aliphatic rings. The van der Waals surface area contributed by atoms with Crippen molar-refractivity contribution in [2.75, 3.05) is 0 Å². The first-order valence-electron chi connectivity index (χ1n) is 7.66. The highest BCUT2D eigenvalue weighted by molar-refractivity contribution is 5.96. The summed E-state index contributed by atoms with van der Waals surface area (Å²) in [6.07, 6.45) is 2.27. The normalized spacial score (nSPS) is 11.4. The van der Waals surface area contributed by atoms with E-state index in [0.29, 0.717) is 0 Å². The highest BCUT2D eigenvalue weighted by Crippen LogP contribution is 2.24. The van der Waals surface area contributed by atoms with Crippen LogP contribution in [-0.2, 0) is 6.54 Å². The Kier molecular flexibility index (Phi) is 3.54. The summed E-state index contributed by atoms with van der Waals surface area (Å²) in [7, 11) is 0. The molecule has 0 saturated heterocycles. The van der Waals surface area contributed by atoms with E-state index in [1.165, 1.54) is 5.56 Å². The van der Waals surface area contributed by atoms with Crippen LogP contribution in [0.1, 0.15) is 30.9 Å². The Bertz CT molecular complexity index is 874. The monoisotopic (exact) mass is 279 g/mol. The molecule has 3 rings (SSSR count). The Morgan fingerprint density at radius 3 is 2.48 bits per heavy atom. The molecular formula is C19H21NO. The molecule has 0 fully saturated rings. The zero-order chi connectivity index (χ0) is 15.0. The number of benzene rings is 2. The first-order chi connectivity index (χ1) is 10.1. The van der Waals surface area contributed by atoms with Crippen LogP contribution in [0.25, 0.3) is 21.8 Å². The summed E-state index contributed by atoms with van der Waals surface area (Å²) >= 11 is 0. The van der Waals surface area contributed by atoms with Crippen molar-refractivity contribution < 1.29 is 0 Å². The van der Waals surface area contributed by atoms with Crippen LogP contribution < -0.4 is 5.43 Å². The molecule has 1 aromatic heterocycles. The highest BCUT2D eigenvalue weighted by atomic mass is 16.1. The van der Waals surface area contributed by atoms with Gasteiger partial charge in [0.1, 0.15) is 0 Å². The molecule has 0 aliphatic heterocycles. The fourth-order valence-corrected chi connectivity index (χ4v) is 3.18. The molecule has 0 radical (unpaired) electrons. The maximum absolute atomic E-state index is 12.9. The van der Waals surface area contributed by atoms with Gasteiger partial charge in [0.2, 0.25) is 0 Å². The van der Waals surface area contributed by atoms with Crippen LogP contribution in [0.15, 0.2) is 41.2 Å². The van der Waals surface area contributed by atoms with Crippen molar-refractivity contribution in [3.63, 3.8) is 0 Å². The SMILES string of the molecule is CCCCn1c2cccc(C)c2c(=O)c2cccc(C)c21. The van der Waals surface area contributed by atoms with Crippen LogP contribution in [0.3, 0.4) is 0 Å². The average molecular weight is 279 g/mol. The molecule has 3 aromatic rings. The molecule has 108 valence electrons. The van der Waals surface area contributed by atoms with E-state index in [9.17, 15) is 4.79 Å². The molecule has 0 N–H and O–H groups in total. The second-order valence-corrected chi connectivity index (χ2v) is 5.77. The van der Waals surface area contributed by atoms with E-state index in [4.69, 9.17) is 0 Å². The molecule has 2 nitrogen and oxygen atoms in total. The Morgan fingerprint density at radius 1 is 1.00 bits per heavy atom. The lowest BCUT2D eigenvalue weighted by Gasteiger charge is -2.17. The molecule has 21 heavy (non-hydrogen) atoms. The summed E-state index contributed by atoms with van der Waals surface area (Å²) in [6, 6.07) is 12.2. The minimum absolute atomic E-state index is 0.162. The highest BCUT2D eigenvalue weighted by Gasteiger charge is 2.13. The number of hydrogen-bond acceptors (Lipinski definition) is 1. The molecule has 0 aliphatic carbocycles. The van der Waals surface area contributed by atoms with Gasteiger partial charge in [0.05, 0.1) is 11.0 Å². The van der Waals surface area contributed by atoms with Gasteiger partial charge in [-0.3, -0.25) is 4.79 Å². The van der Waals surface area contributed by atoms with Gasteiger partial charge in [0.25, 0.3) is 0 Å². The van der Waals surface area contributed by atoms with Gasteiger partial charge < -0.3 is 4.57 Å². The number of unbranched alkanes of at least 4 members (excludes halogenated alkanes) is 1. The third-order valence-electron chi connectivity index (χ3n) is 4.26. The summed E-state index contributed by atoms with van der Waals surface area (Å²) in [5, 5.41) is 1.71. The van der Waals surface area contributed by atoms with Crippen LogP contribution in [-0.4, -0.2) is 4.57 Å². The van der Waals surface area contributed by atoms with Gasteiger partial charge in [-0.05, 0) is 43.5 Å². The number of aryl methyl sites for hydroxylation is 3. The first-order valence-corrected chi connectivity index (χ1v) is 7.66. The van der Waals surface area contributed by atoms with Crippen molar-refractivity contribution >= 4 is 21.8 Å². The third-order valence-corrected chi connectivity index (χ3v) is 4.26.